The third-order valence-corrected chi connectivity index (χ3v) is 3.02. The maximum Gasteiger partial charge on any atom is 0.222 e. The number of carbonyl (C=O) groups excluding carboxylic acids is 1. The molecule has 1 N–H and O–H groups in total. The van der Waals surface area contributed by atoms with E-state index in [0.29, 0.717) is 6.61 Å². The molecule has 1 aromatic rings. The van der Waals surface area contributed by atoms with E-state index in [2.05, 4.69) is 0 Å². The Hall–Kier alpha value is -1.69. The van der Waals surface area contributed by atoms with Gasteiger partial charge in [0, 0.05) is 0 Å². The topological polar surface area (TPSA) is 65.0 Å². The average Bonchev–Trinajstić information content (AvgIpc) is 2.82. The summed E-state index contributed by atoms with van der Waals surface area (Å²) in [6, 6.07) is 9.50. The van der Waals surface area contributed by atoms with Gasteiger partial charge < -0.3 is 19.3 Å². The highest BCUT2D eigenvalue weighted by Crippen LogP contribution is 2.24. The zero-order valence-electron chi connectivity index (χ0n) is 12.2. The minimum absolute atomic E-state index is 0.104. The Labute approximate surface area is 124 Å². The Kier molecular flexibility index (Phi) is 5.12. The molecular weight excluding hydrogens is 272 g/mol. The van der Waals surface area contributed by atoms with E-state index in [1.807, 2.05) is 30.3 Å². The van der Waals surface area contributed by atoms with Crippen LogP contribution in [0.25, 0.3) is 0 Å². The van der Waals surface area contributed by atoms with E-state index in [9.17, 15) is 4.79 Å². The molecule has 1 aliphatic heterocycles. The Balaban J connectivity index is 2.03. The third-order valence-electron chi connectivity index (χ3n) is 3.02. The molecule has 0 unspecified atom stereocenters. The first-order chi connectivity index (χ1) is 10.00. The van der Waals surface area contributed by atoms with E-state index in [0.717, 1.165) is 5.56 Å². The van der Waals surface area contributed by atoms with E-state index in [4.69, 9.17) is 19.3 Å². The molecule has 0 amide bonds. The summed E-state index contributed by atoms with van der Waals surface area (Å²) >= 11 is 0. The second-order valence-electron chi connectivity index (χ2n) is 5.25. The molecule has 1 saturated heterocycles. The molecule has 0 aliphatic carbocycles. The van der Waals surface area contributed by atoms with Crippen molar-refractivity contribution in [3.05, 3.63) is 47.7 Å². The van der Waals surface area contributed by atoms with Crippen molar-refractivity contribution in [2.75, 3.05) is 13.2 Å². The summed E-state index contributed by atoms with van der Waals surface area (Å²) < 4.78 is 16.6. The molecule has 21 heavy (non-hydrogen) atoms. The molecule has 0 spiro atoms. The molecule has 1 aromatic carbocycles. The number of Topliss-reactive ketones (excluding diaryl/α,β-unsaturated/α-hetero) is 1. The normalized spacial score (nSPS) is 21.3. The van der Waals surface area contributed by atoms with Gasteiger partial charge in [0.05, 0.1) is 6.61 Å². The van der Waals surface area contributed by atoms with Gasteiger partial charge in [0.25, 0.3) is 0 Å². The highest BCUT2D eigenvalue weighted by molar-refractivity contribution is 5.94. The number of aliphatic hydroxyl groups excluding tert-OH is 1. The van der Waals surface area contributed by atoms with E-state index >= 15 is 0 Å². The van der Waals surface area contributed by atoms with E-state index < -0.39 is 18.2 Å². The summed E-state index contributed by atoms with van der Waals surface area (Å²) in [5.74, 6) is -1.04. The van der Waals surface area contributed by atoms with Crippen LogP contribution in [0.3, 0.4) is 0 Å². The van der Waals surface area contributed by atoms with Gasteiger partial charge in [0.2, 0.25) is 5.78 Å². The lowest BCUT2D eigenvalue weighted by molar-refractivity contribution is -0.134. The smallest absolute Gasteiger partial charge is 0.222 e. The molecule has 5 nitrogen and oxygen atoms in total. The molecule has 0 saturated carbocycles. The second kappa shape index (κ2) is 6.85. The van der Waals surface area contributed by atoms with Gasteiger partial charge in [-0.2, -0.15) is 0 Å². The molecule has 0 radical (unpaired) electrons. The molecule has 1 atom stereocenters. The zero-order chi connectivity index (χ0) is 15.3. The summed E-state index contributed by atoms with van der Waals surface area (Å²) in [5, 5.41) is 9.04. The first kappa shape index (κ1) is 15.7. The van der Waals surface area contributed by atoms with Crippen LogP contribution in [0, 0.1) is 0 Å². The highest BCUT2D eigenvalue weighted by atomic mass is 16.7. The van der Waals surface area contributed by atoms with Crippen molar-refractivity contribution >= 4 is 5.78 Å². The number of hydrogen-bond donors (Lipinski definition) is 1. The lowest BCUT2D eigenvalue weighted by atomic mass is 10.2. The minimum atomic E-state index is -0.673. The quantitative estimate of drug-likeness (QED) is 0.640. The van der Waals surface area contributed by atoms with Gasteiger partial charge >= 0.3 is 0 Å². The van der Waals surface area contributed by atoms with Crippen molar-refractivity contribution in [1.82, 2.24) is 0 Å². The Morgan fingerprint density at radius 2 is 2.14 bits per heavy atom. The Morgan fingerprint density at radius 3 is 2.71 bits per heavy atom. The number of benzene rings is 1. The Morgan fingerprint density at radius 1 is 1.43 bits per heavy atom. The number of rotatable bonds is 6. The van der Waals surface area contributed by atoms with E-state index in [1.54, 1.807) is 19.9 Å². The van der Waals surface area contributed by atoms with Crippen molar-refractivity contribution in [1.29, 1.82) is 0 Å². The maximum atomic E-state index is 11.7. The van der Waals surface area contributed by atoms with Crippen LogP contribution in [0.5, 0.6) is 0 Å². The predicted octanol–water partition coefficient (Wildman–Crippen LogP) is 1.80. The van der Waals surface area contributed by atoms with Crippen molar-refractivity contribution in [3.8, 4) is 0 Å². The average molecular weight is 292 g/mol. The first-order valence-electron chi connectivity index (χ1n) is 6.84. The molecule has 2 rings (SSSR count). The fourth-order valence-electron chi connectivity index (χ4n) is 2.00. The highest BCUT2D eigenvalue weighted by Gasteiger charge is 2.32. The van der Waals surface area contributed by atoms with Crippen LogP contribution in [0.4, 0.5) is 0 Å². The fourth-order valence-corrected chi connectivity index (χ4v) is 2.00. The van der Waals surface area contributed by atoms with Crippen LogP contribution in [0.1, 0.15) is 19.4 Å². The van der Waals surface area contributed by atoms with Crippen LogP contribution < -0.4 is 0 Å². The molecule has 1 aliphatic rings. The first-order valence-corrected chi connectivity index (χ1v) is 6.84. The number of aliphatic hydroxyl groups is 1. The van der Waals surface area contributed by atoms with Gasteiger partial charge in [-0.1, -0.05) is 30.3 Å². The summed E-state index contributed by atoms with van der Waals surface area (Å²) in [7, 11) is 0. The van der Waals surface area contributed by atoms with Crippen LogP contribution in [-0.4, -0.2) is 36.0 Å². The van der Waals surface area contributed by atoms with Crippen molar-refractivity contribution in [2.24, 2.45) is 0 Å². The van der Waals surface area contributed by atoms with E-state index in [1.165, 1.54) is 0 Å². The SMILES string of the molecule is CC1(C)OC[C@@H](/C=C(\OCc2ccccc2)C(=O)CO)O1. The summed E-state index contributed by atoms with van der Waals surface area (Å²) in [6.45, 7) is 3.62. The van der Waals surface area contributed by atoms with Gasteiger partial charge in [-0.05, 0) is 25.5 Å². The number of ether oxygens (including phenoxy) is 3. The molecule has 0 bridgehead atoms. The number of hydrogen-bond acceptors (Lipinski definition) is 5. The molecule has 0 aromatic heterocycles. The molecule has 114 valence electrons. The largest absolute Gasteiger partial charge is 0.485 e. The minimum Gasteiger partial charge on any atom is -0.485 e. The van der Waals surface area contributed by atoms with Crippen LogP contribution in [0.2, 0.25) is 0 Å². The standard InChI is InChI=1S/C16H20O5/c1-16(2)20-11-13(21-16)8-15(14(18)9-17)19-10-12-6-4-3-5-7-12/h3-8,13,17H,9-11H2,1-2H3/b15-8-/t13-/m1/s1. The van der Waals surface area contributed by atoms with Crippen LogP contribution in [0.15, 0.2) is 42.2 Å². The monoisotopic (exact) mass is 292 g/mol. The van der Waals surface area contributed by atoms with E-state index in [-0.39, 0.29) is 18.5 Å². The van der Waals surface area contributed by atoms with Gasteiger partial charge in [-0.15, -0.1) is 0 Å². The van der Waals surface area contributed by atoms with Gasteiger partial charge in [-0.25, -0.2) is 0 Å². The van der Waals surface area contributed by atoms with Gasteiger partial charge in [0.15, 0.2) is 11.5 Å². The molecule has 1 heterocycles. The number of ketones is 1. The molecule has 1 fully saturated rings. The number of carbonyl (C=O) groups is 1. The molecule has 5 heteroatoms. The van der Waals surface area contributed by atoms with Crippen molar-refractivity contribution in [2.45, 2.75) is 32.3 Å². The lowest BCUT2D eigenvalue weighted by Gasteiger charge is -2.16. The van der Waals surface area contributed by atoms with Gasteiger partial charge in [0.1, 0.15) is 19.3 Å². The second-order valence-corrected chi connectivity index (χ2v) is 5.25. The fraction of sp³-hybridized carbons (Fsp3) is 0.438. The summed E-state index contributed by atoms with van der Waals surface area (Å²) in [4.78, 5) is 11.7. The van der Waals surface area contributed by atoms with Gasteiger partial charge in [-0.3, -0.25) is 4.79 Å². The van der Waals surface area contributed by atoms with Crippen LogP contribution >= 0.6 is 0 Å². The molecular formula is C16H20O5. The zero-order valence-corrected chi connectivity index (χ0v) is 12.2. The third kappa shape index (κ3) is 4.67. The van der Waals surface area contributed by atoms with Crippen LogP contribution in [-0.2, 0) is 25.6 Å². The maximum absolute atomic E-state index is 11.7. The Bertz CT molecular complexity index is 507. The lowest BCUT2D eigenvalue weighted by Crippen LogP contribution is -2.21. The summed E-state index contributed by atoms with van der Waals surface area (Å²) in [5.41, 5.74) is 0.943. The van der Waals surface area contributed by atoms with Crippen molar-refractivity contribution < 1.29 is 24.1 Å². The van der Waals surface area contributed by atoms with Crippen molar-refractivity contribution in [3.63, 3.8) is 0 Å². The summed E-state index contributed by atoms with van der Waals surface area (Å²) in [6.07, 6.45) is 1.21. The predicted molar refractivity (Wildman–Crippen MR) is 76.3 cm³/mol.